The summed E-state index contributed by atoms with van der Waals surface area (Å²) in [6, 6.07) is 14.3. The molecule has 1 fully saturated rings. The molecule has 2 heterocycles. The molecule has 2 N–H and O–H groups in total. The largest absolute Gasteiger partial charge is 0.489 e. The lowest BCUT2D eigenvalue weighted by atomic mass is 10.1. The molecule has 1 aliphatic heterocycles. The van der Waals surface area contributed by atoms with Crippen LogP contribution in [0.15, 0.2) is 59.5 Å². The number of pyridine rings is 1. The molecule has 0 saturated carbocycles. The van der Waals surface area contributed by atoms with Crippen LogP contribution in [0, 0.1) is 12.8 Å². The van der Waals surface area contributed by atoms with E-state index in [0.29, 0.717) is 5.75 Å². The first-order valence-corrected chi connectivity index (χ1v) is 14.1. The zero-order valence-corrected chi connectivity index (χ0v) is 20.7. The van der Waals surface area contributed by atoms with Crippen LogP contribution in [-0.2, 0) is 31.4 Å². The minimum absolute atomic E-state index is 0.0861. The number of aromatic nitrogens is 1. The van der Waals surface area contributed by atoms with Crippen molar-refractivity contribution in [1.82, 2.24) is 14.0 Å². The molecule has 2 aromatic carbocycles. The van der Waals surface area contributed by atoms with Crippen LogP contribution < -0.4 is 9.46 Å². The third kappa shape index (κ3) is 5.61. The summed E-state index contributed by atoms with van der Waals surface area (Å²) in [6.45, 7) is 1.61. The van der Waals surface area contributed by atoms with Gasteiger partial charge in [0.05, 0.1) is 28.6 Å². The lowest BCUT2D eigenvalue weighted by Gasteiger charge is -2.17. The van der Waals surface area contributed by atoms with E-state index < -0.39 is 38.0 Å². The van der Waals surface area contributed by atoms with Crippen LogP contribution in [0.1, 0.15) is 11.3 Å². The predicted molar refractivity (Wildman–Crippen MR) is 129 cm³/mol. The summed E-state index contributed by atoms with van der Waals surface area (Å²) in [6.07, 6.45) is 0.956. The first-order chi connectivity index (χ1) is 16.4. The zero-order valence-electron chi connectivity index (χ0n) is 19.1. The van der Waals surface area contributed by atoms with Gasteiger partial charge in [-0.2, -0.15) is 4.31 Å². The van der Waals surface area contributed by atoms with Gasteiger partial charge >= 0.3 is 5.97 Å². The molecule has 2 unspecified atom stereocenters. The molecule has 0 spiro atoms. The Morgan fingerprint density at radius 2 is 1.80 bits per heavy atom. The van der Waals surface area contributed by atoms with Crippen molar-refractivity contribution in [3.8, 4) is 5.75 Å². The summed E-state index contributed by atoms with van der Waals surface area (Å²) in [5.41, 5.74) is 2.67. The van der Waals surface area contributed by atoms with Crippen molar-refractivity contribution in [2.24, 2.45) is 5.92 Å². The minimum Gasteiger partial charge on any atom is -0.489 e. The van der Waals surface area contributed by atoms with E-state index in [0.717, 1.165) is 32.7 Å². The average Bonchev–Trinajstić information content (AvgIpc) is 3.21. The number of fused-ring (bicyclic) bond motifs is 1. The lowest BCUT2D eigenvalue weighted by molar-refractivity contribution is -0.141. The van der Waals surface area contributed by atoms with E-state index in [1.54, 1.807) is 0 Å². The number of nitrogens with one attached hydrogen (secondary N) is 1. The maximum Gasteiger partial charge on any atom is 0.309 e. The Kier molecular flexibility index (Phi) is 6.82. The zero-order chi connectivity index (χ0) is 25.4. The summed E-state index contributed by atoms with van der Waals surface area (Å²) in [7, 11) is -7.75. The molecule has 3 aromatic rings. The Morgan fingerprint density at radius 1 is 1.11 bits per heavy atom. The van der Waals surface area contributed by atoms with Crippen molar-refractivity contribution in [1.29, 1.82) is 0 Å². The van der Waals surface area contributed by atoms with E-state index in [4.69, 9.17) is 4.74 Å². The van der Waals surface area contributed by atoms with Gasteiger partial charge in [0.25, 0.3) is 0 Å². The maximum atomic E-state index is 12.9. The first-order valence-electron chi connectivity index (χ1n) is 10.7. The van der Waals surface area contributed by atoms with Crippen molar-refractivity contribution in [3.05, 3.63) is 65.9 Å². The van der Waals surface area contributed by atoms with Crippen LogP contribution in [0.25, 0.3) is 10.9 Å². The maximum absolute atomic E-state index is 12.9. The molecule has 0 radical (unpaired) electrons. The summed E-state index contributed by atoms with van der Waals surface area (Å²) in [4.78, 5) is 16.0. The highest BCUT2D eigenvalue weighted by Crippen LogP contribution is 2.24. The molecule has 1 aromatic heterocycles. The Hall–Kier alpha value is -3.06. The van der Waals surface area contributed by atoms with E-state index in [1.807, 2.05) is 37.3 Å². The lowest BCUT2D eigenvalue weighted by Crippen LogP contribution is -2.43. The molecule has 4 rings (SSSR count). The number of para-hydroxylation sites is 1. The molecule has 0 amide bonds. The number of hydrogen-bond acceptors (Lipinski definition) is 7. The van der Waals surface area contributed by atoms with Gasteiger partial charge in [0, 0.05) is 29.7 Å². The third-order valence-corrected chi connectivity index (χ3v) is 8.58. The van der Waals surface area contributed by atoms with Crippen LogP contribution in [-0.4, -0.2) is 62.6 Å². The molecule has 12 heteroatoms. The topological polar surface area (TPSA) is 143 Å². The highest BCUT2D eigenvalue weighted by Gasteiger charge is 2.43. The first kappa shape index (κ1) is 25.0. The Balaban J connectivity index is 1.47. The van der Waals surface area contributed by atoms with Gasteiger partial charge in [0.1, 0.15) is 12.4 Å². The van der Waals surface area contributed by atoms with E-state index in [9.17, 15) is 26.7 Å². The number of carbonyl (C=O) groups is 1. The molecule has 0 bridgehead atoms. The smallest absolute Gasteiger partial charge is 0.309 e. The highest BCUT2D eigenvalue weighted by molar-refractivity contribution is 7.89. The summed E-state index contributed by atoms with van der Waals surface area (Å²) in [5.74, 6) is -2.01. The van der Waals surface area contributed by atoms with Crippen LogP contribution >= 0.6 is 0 Å². The van der Waals surface area contributed by atoms with Crippen LogP contribution in [0.5, 0.6) is 5.75 Å². The van der Waals surface area contributed by atoms with Gasteiger partial charge in [-0.05, 0) is 43.3 Å². The molecular formula is C23H25N3O7S2. The third-order valence-electron chi connectivity index (χ3n) is 5.84. The number of carboxylic acid groups (broad SMARTS) is 1. The molecule has 10 nitrogen and oxygen atoms in total. The van der Waals surface area contributed by atoms with Gasteiger partial charge in [-0.1, -0.05) is 18.2 Å². The number of ether oxygens (including phenoxy) is 1. The van der Waals surface area contributed by atoms with Gasteiger partial charge < -0.3 is 9.84 Å². The minimum atomic E-state index is -4.10. The number of carboxylic acids is 1. The summed E-state index contributed by atoms with van der Waals surface area (Å²) in [5, 5.41) is 10.4. The van der Waals surface area contributed by atoms with Gasteiger partial charge in [-0.3, -0.25) is 9.78 Å². The molecule has 35 heavy (non-hydrogen) atoms. The van der Waals surface area contributed by atoms with Gasteiger partial charge in [0.2, 0.25) is 20.0 Å². The number of nitrogens with zero attached hydrogens (tertiary/aromatic N) is 2. The Bertz CT molecular complexity index is 1470. The number of sulfonamides is 2. The SMILES string of the molecule is Cc1cc(COc2ccc(S(=O)(=O)NC3CN(S(C)(=O)=O)CC3C(=O)O)cc2)c2ccccc2n1. The van der Waals surface area contributed by atoms with E-state index in [-0.39, 0.29) is 24.6 Å². The van der Waals surface area contributed by atoms with E-state index in [2.05, 4.69) is 9.71 Å². The fourth-order valence-electron chi connectivity index (χ4n) is 4.07. The second-order valence-corrected chi connectivity index (χ2v) is 12.1. The van der Waals surface area contributed by atoms with Crippen molar-refractivity contribution in [3.63, 3.8) is 0 Å². The van der Waals surface area contributed by atoms with Crippen molar-refractivity contribution < 1.29 is 31.5 Å². The quantitative estimate of drug-likeness (QED) is 0.458. The van der Waals surface area contributed by atoms with Crippen LogP contribution in [0.2, 0.25) is 0 Å². The Labute approximate surface area is 203 Å². The van der Waals surface area contributed by atoms with Crippen molar-refractivity contribution in [2.75, 3.05) is 19.3 Å². The molecule has 186 valence electrons. The fourth-order valence-corrected chi connectivity index (χ4v) is 6.20. The number of aliphatic carboxylic acids is 1. The van der Waals surface area contributed by atoms with Crippen LogP contribution in [0.4, 0.5) is 0 Å². The second kappa shape index (κ2) is 9.53. The van der Waals surface area contributed by atoms with Crippen molar-refractivity contribution in [2.45, 2.75) is 24.5 Å². The monoisotopic (exact) mass is 519 g/mol. The Morgan fingerprint density at radius 3 is 2.46 bits per heavy atom. The predicted octanol–water partition coefficient (Wildman–Crippen LogP) is 1.75. The summed E-state index contributed by atoms with van der Waals surface area (Å²) >= 11 is 0. The molecule has 0 aliphatic carbocycles. The van der Waals surface area contributed by atoms with Gasteiger partial charge in [-0.25, -0.2) is 21.6 Å². The second-order valence-electron chi connectivity index (χ2n) is 8.45. The van der Waals surface area contributed by atoms with Crippen molar-refractivity contribution >= 4 is 36.9 Å². The summed E-state index contributed by atoms with van der Waals surface area (Å²) < 4.78 is 58.5. The van der Waals surface area contributed by atoms with E-state index in [1.165, 1.54) is 24.3 Å². The number of aryl methyl sites for hydroxylation is 1. The van der Waals surface area contributed by atoms with Crippen LogP contribution in [0.3, 0.4) is 0 Å². The normalized spacial score (nSPS) is 19.1. The number of hydrogen-bond donors (Lipinski definition) is 2. The van der Waals surface area contributed by atoms with E-state index >= 15 is 0 Å². The molecule has 2 atom stereocenters. The van der Waals surface area contributed by atoms with Gasteiger partial charge in [0.15, 0.2) is 0 Å². The van der Waals surface area contributed by atoms with Gasteiger partial charge in [-0.15, -0.1) is 0 Å². The highest BCUT2D eigenvalue weighted by atomic mass is 32.2. The molecule has 1 aliphatic rings. The molecular weight excluding hydrogens is 494 g/mol. The fraction of sp³-hybridized carbons (Fsp3) is 0.304. The average molecular weight is 520 g/mol. The number of rotatable bonds is 8. The number of benzene rings is 2. The standard InChI is InChI=1S/C23H25N3O7S2/c1-15-11-16(19-5-3-4-6-21(19)24-15)14-33-17-7-9-18(10-8-17)35(31,32)25-22-13-26(34(2,29)30)12-20(22)23(27)28/h3-11,20,22,25H,12-14H2,1-2H3,(H,27,28). The molecule has 1 saturated heterocycles.